The molecule has 0 aliphatic carbocycles. The van der Waals surface area contributed by atoms with E-state index in [9.17, 15) is 4.79 Å². The summed E-state index contributed by atoms with van der Waals surface area (Å²) in [7, 11) is 3.97. The fourth-order valence-electron chi connectivity index (χ4n) is 1.85. The number of nitrogens with two attached hydrogens (primary N) is 1. The molecule has 0 fully saturated rings. The van der Waals surface area contributed by atoms with Crippen LogP contribution in [0.4, 0.5) is 11.4 Å². The molecule has 1 aromatic carbocycles. The molecule has 0 bridgehead atoms. The molecule has 6 heteroatoms. The zero-order chi connectivity index (χ0) is 15.6. The second kappa shape index (κ2) is 6.24. The lowest BCUT2D eigenvalue weighted by atomic mass is 10.1. The summed E-state index contributed by atoms with van der Waals surface area (Å²) >= 11 is 1.40. The van der Waals surface area contributed by atoms with Gasteiger partial charge in [0.1, 0.15) is 10.7 Å². The van der Waals surface area contributed by atoms with Crippen molar-refractivity contribution >= 4 is 28.6 Å². The number of aromatic nitrogens is 1. The number of hydrogen-bond donors (Lipinski definition) is 2. The summed E-state index contributed by atoms with van der Waals surface area (Å²) in [4.78, 5) is 18.5. The third-order valence-corrected chi connectivity index (χ3v) is 4.16. The van der Waals surface area contributed by atoms with Crippen LogP contribution < -0.4 is 16.0 Å². The van der Waals surface area contributed by atoms with Gasteiger partial charge in [-0.15, -0.1) is 11.3 Å². The van der Waals surface area contributed by atoms with Crippen molar-refractivity contribution in [2.75, 3.05) is 24.3 Å². The van der Waals surface area contributed by atoms with E-state index >= 15 is 0 Å². The standard InChI is InChI=1S/C15H20N4OS/c1-9-7-11(19(3)4)5-6-12(9)17-14(20)13-8-21-15(18-13)10(2)16/h5-8,10H,16H2,1-4H3,(H,17,20). The molecule has 0 spiro atoms. The summed E-state index contributed by atoms with van der Waals surface area (Å²) in [5.74, 6) is -0.209. The highest BCUT2D eigenvalue weighted by Crippen LogP contribution is 2.22. The Morgan fingerprint density at radius 1 is 1.43 bits per heavy atom. The average molecular weight is 304 g/mol. The number of thiazole rings is 1. The van der Waals surface area contributed by atoms with Crippen LogP contribution in [0.15, 0.2) is 23.6 Å². The van der Waals surface area contributed by atoms with Crippen LogP contribution in [-0.2, 0) is 0 Å². The van der Waals surface area contributed by atoms with Crippen LogP contribution in [0.3, 0.4) is 0 Å². The van der Waals surface area contributed by atoms with Crippen LogP contribution in [0.25, 0.3) is 0 Å². The van der Waals surface area contributed by atoms with Crippen molar-refractivity contribution in [2.24, 2.45) is 5.73 Å². The van der Waals surface area contributed by atoms with E-state index in [0.717, 1.165) is 21.9 Å². The summed E-state index contributed by atoms with van der Waals surface area (Å²) in [5, 5.41) is 5.39. The Morgan fingerprint density at radius 2 is 2.14 bits per heavy atom. The maximum Gasteiger partial charge on any atom is 0.275 e. The predicted molar refractivity (Wildman–Crippen MR) is 88.2 cm³/mol. The van der Waals surface area contributed by atoms with Gasteiger partial charge < -0.3 is 16.0 Å². The first-order chi connectivity index (χ1) is 9.88. The average Bonchev–Trinajstić information content (AvgIpc) is 2.90. The fraction of sp³-hybridized carbons (Fsp3) is 0.333. The van der Waals surface area contributed by atoms with Crippen molar-refractivity contribution in [2.45, 2.75) is 19.9 Å². The molecule has 1 amide bonds. The highest BCUT2D eigenvalue weighted by Gasteiger charge is 2.14. The van der Waals surface area contributed by atoms with E-state index in [1.807, 2.05) is 51.0 Å². The Bertz CT molecular complexity index is 649. The molecule has 0 saturated carbocycles. The summed E-state index contributed by atoms with van der Waals surface area (Å²) in [6.07, 6.45) is 0. The van der Waals surface area contributed by atoms with Gasteiger partial charge in [-0.25, -0.2) is 4.98 Å². The molecule has 2 aromatic rings. The van der Waals surface area contributed by atoms with E-state index in [1.165, 1.54) is 11.3 Å². The van der Waals surface area contributed by atoms with E-state index in [-0.39, 0.29) is 11.9 Å². The minimum absolute atomic E-state index is 0.155. The molecule has 1 atom stereocenters. The van der Waals surface area contributed by atoms with E-state index in [0.29, 0.717) is 5.69 Å². The first-order valence-corrected chi connectivity index (χ1v) is 7.56. The molecule has 5 nitrogen and oxygen atoms in total. The molecule has 1 aromatic heterocycles. The minimum Gasteiger partial charge on any atom is -0.378 e. The van der Waals surface area contributed by atoms with Gasteiger partial charge in [-0.2, -0.15) is 0 Å². The van der Waals surface area contributed by atoms with Crippen LogP contribution >= 0.6 is 11.3 Å². The third-order valence-electron chi connectivity index (χ3n) is 3.12. The third kappa shape index (κ3) is 3.59. The van der Waals surface area contributed by atoms with Crippen molar-refractivity contribution in [1.29, 1.82) is 0 Å². The van der Waals surface area contributed by atoms with Gasteiger partial charge in [0, 0.05) is 30.9 Å². The van der Waals surface area contributed by atoms with Gasteiger partial charge in [-0.05, 0) is 37.6 Å². The van der Waals surface area contributed by atoms with Gasteiger partial charge in [-0.3, -0.25) is 4.79 Å². The summed E-state index contributed by atoms with van der Waals surface area (Å²) < 4.78 is 0. The summed E-state index contributed by atoms with van der Waals surface area (Å²) in [5.41, 5.74) is 9.07. The van der Waals surface area contributed by atoms with Crippen LogP contribution in [-0.4, -0.2) is 25.0 Å². The number of benzene rings is 1. The molecule has 112 valence electrons. The quantitative estimate of drug-likeness (QED) is 0.911. The van der Waals surface area contributed by atoms with E-state index in [4.69, 9.17) is 5.73 Å². The van der Waals surface area contributed by atoms with Gasteiger partial charge in [0.15, 0.2) is 0 Å². The first-order valence-electron chi connectivity index (χ1n) is 6.69. The number of nitrogens with one attached hydrogen (secondary N) is 1. The molecule has 0 aliphatic heterocycles. The molecule has 1 unspecified atom stereocenters. The number of anilines is 2. The van der Waals surface area contributed by atoms with Crippen molar-refractivity contribution in [3.63, 3.8) is 0 Å². The summed E-state index contributed by atoms with van der Waals surface area (Å²) in [6, 6.07) is 5.75. The largest absolute Gasteiger partial charge is 0.378 e. The second-order valence-electron chi connectivity index (χ2n) is 5.21. The SMILES string of the molecule is Cc1cc(N(C)C)ccc1NC(=O)c1csc(C(C)N)n1. The van der Waals surface area contributed by atoms with Gasteiger partial charge in [-0.1, -0.05) is 0 Å². The molecule has 0 aliphatic rings. The number of nitrogens with zero attached hydrogens (tertiary/aromatic N) is 2. The lowest BCUT2D eigenvalue weighted by molar-refractivity contribution is 0.102. The number of rotatable bonds is 4. The monoisotopic (exact) mass is 304 g/mol. The molecule has 1 heterocycles. The van der Waals surface area contributed by atoms with Crippen LogP contribution in [0, 0.1) is 6.92 Å². The molecule has 0 radical (unpaired) electrons. The van der Waals surface area contributed by atoms with Gasteiger partial charge in [0.2, 0.25) is 0 Å². The predicted octanol–water partition coefficient (Wildman–Crippen LogP) is 2.79. The van der Waals surface area contributed by atoms with Crippen LogP contribution in [0.5, 0.6) is 0 Å². The maximum atomic E-state index is 12.2. The molecular formula is C15H20N4OS. The smallest absolute Gasteiger partial charge is 0.275 e. The fourth-order valence-corrected chi connectivity index (χ4v) is 2.61. The van der Waals surface area contributed by atoms with E-state index in [2.05, 4.69) is 10.3 Å². The molecule has 2 rings (SSSR count). The Balaban J connectivity index is 2.15. The molecule has 3 N–H and O–H groups in total. The zero-order valence-corrected chi connectivity index (χ0v) is 13.5. The lowest BCUT2D eigenvalue weighted by Crippen LogP contribution is -2.15. The number of carbonyl (C=O) groups excluding carboxylic acids is 1. The topological polar surface area (TPSA) is 71.2 Å². The highest BCUT2D eigenvalue weighted by molar-refractivity contribution is 7.09. The maximum absolute atomic E-state index is 12.2. The minimum atomic E-state index is -0.209. The molecular weight excluding hydrogens is 284 g/mol. The molecule has 0 saturated heterocycles. The Hall–Kier alpha value is -1.92. The number of carbonyl (C=O) groups is 1. The number of aryl methyl sites for hydroxylation is 1. The van der Waals surface area contributed by atoms with Crippen LogP contribution in [0.2, 0.25) is 0 Å². The van der Waals surface area contributed by atoms with Crippen molar-refractivity contribution in [3.8, 4) is 0 Å². The van der Waals surface area contributed by atoms with Gasteiger partial charge in [0.05, 0.1) is 6.04 Å². The number of hydrogen-bond acceptors (Lipinski definition) is 5. The van der Waals surface area contributed by atoms with Gasteiger partial charge >= 0.3 is 0 Å². The Kier molecular flexibility index (Phi) is 4.59. The summed E-state index contributed by atoms with van der Waals surface area (Å²) in [6.45, 7) is 3.82. The Morgan fingerprint density at radius 3 is 2.67 bits per heavy atom. The van der Waals surface area contributed by atoms with Crippen molar-refractivity contribution in [3.05, 3.63) is 39.8 Å². The van der Waals surface area contributed by atoms with Crippen molar-refractivity contribution < 1.29 is 4.79 Å². The van der Waals surface area contributed by atoms with Crippen LogP contribution in [0.1, 0.15) is 34.0 Å². The first kappa shape index (κ1) is 15.5. The van der Waals surface area contributed by atoms with Crippen molar-refractivity contribution in [1.82, 2.24) is 4.98 Å². The Labute approximate surface area is 128 Å². The second-order valence-corrected chi connectivity index (χ2v) is 6.10. The molecule has 21 heavy (non-hydrogen) atoms. The van der Waals surface area contributed by atoms with E-state index < -0.39 is 0 Å². The van der Waals surface area contributed by atoms with E-state index in [1.54, 1.807) is 5.38 Å². The normalized spacial score (nSPS) is 12.0. The van der Waals surface area contributed by atoms with Gasteiger partial charge in [0.25, 0.3) is 5.91 Å². The zero-order valence-electron chi connectivity index (χ0n) is 12.7. The highest BCUT2D eigenvalue weighted by atomic mass is 32.1. The lowest BCUT2D eigenvalue weighted by Gasteiger charge is -2.15. The number of amides is 1.